The van der Waals surface area contributed by atoms with Gasteiger partial charge >= 0.3 is 0 Å². The number of carbonyl (C=O) groups excluding carboxylic acids is 1. The van der Waals surface area contributed by atoms with Crippen LogP contribution in [0.3, 0.4) is 0 Å². The standard InChI is InChI=1S/C12H9BrN4OS2/c1-5-15-12(20-17-5)16-11(18)10-9(14)7-4-6(13)2-3-8(7)19-10/h2-4H,14H2,1H3,(H,15,16,17,18). The lowest BCUT2D eigenvalue weighted by Gasteiger charge is -1.99. The molecule has 0 aliphatic carbocycles. The Bertz CT molecular complexity index is 811. The van der Waals surface area contributed by atoms with E-state index in [1.807, 2.05) is 18.2 Å². The Morgan fingerprint density at radius 2 is 2.25 bits per heavy atom. The summed E-state index contributed by atoms with van der Waals surface area (Å²) in [6.45, 7) is 1.78. The lowest BCUT2D eigenvalue weighted by atomic mass is 10.2. The number of anilines is 2. The average Bonchev–Trinajstić information content (AvgIpc) is 2.94. The molecule has 20 heavy (non-hydrogen) atoms. The summed E-state index contributed by atoms with van der Waals surface area (Å²) in [6, 6.07) is 5.77. The van der Waals surface area contributed by atoms with Gasteiger partial charge in [0.1, 0.15) is 10.7 Å². The molecule has 3 rings (SSSR count). The van der Waals surface area contributed by atoms with E-state index >= 15 is 0 Å². The van der Waals surface area contributed by atoms with Crippen LogP contribution in [-0.4, -0.2) is 15.3 Å². The summed E-state index contributed by atoms with van der Waals surface area (Å²) < 4.78 is 5.93. The predicted molar refractivity (Wildman–Crippen MR) is 86.5 cm³/mol. The van der Waals surface area contributed by atoms with Crippen molar-refractivity contribution in [3.05, 3.63) is 33.4 Å². The third-order valence-electron chi connectivity index (χ3n) is 2.64. The summed E-state index contributed by atoms with van der Waals surface area (Å²) in [6.07, 6.45) is 0. The number of rotatable bonds is 2. The second-order valence-corrected chi connectivity index (χ2v) is 6.81. The van der Waals surface area contributed by atoms with Crippen molar-refractivity contribution in [1.82, 2.24) is 9.36 Å². The maximum atomic E-state index is 12.2. The SMILES string of the molecule is Cc1nsc(NC(=O)c2sc3ccc(Br)cc3c2N)n1. The van der Waals surface area contributed by atoms with E-state index in [0.717, 1.165) is 26.1 Å². The van der Waals surface area contributed by atoms with Gasteiger partial charge in [0.25, 0.3) is 5.91 Å². The number of hydrogen-bond donors (Lipinski definition) is 2. The molecular weight excluding hydrogens is 360 g/mol. The normalized spacial score (nSPS) is 10.9. The van der Waals surface area contributed by atoms with Crippen molar-refractivity contribution in [2.24, 2.45) is 0 Å². The number of nitrogens with two attached hydrogens (primary N) is 1. The maximum Gasteiger partial charge on any atom is 0.269 e. The predicted octanol–water partition coefficient (Wildman–Crippen LogP) is 3.66. The fraction of sp³-hybridized carbons (Fsp3) is 0.0833. The number of carbonyl (C=O) groups is 1. The zero-order chi connectivity index (χ0) is 14.3. The number of nitrogens with one attached hydrogen (secondary N) is 1. The molecule has 0 saturated carbocycles. The van der Waals surface area contributed by atoms with E-state index in [-0.39, 0.29) is 5.91 Å². The van der Waals surface area contributed by atoms with Crippen LogP contribution in [0.2, 0.25) is 0 Å². The largest absolute Gasteiger partial charge is 0.397 e. The first kappa shape index (κ1) is 13.5. The number of amides is 1. The highest BCUT2D eigenvalue weighted by Crippen LogP contribution is 2.35. The van der Waals surface area contributed by atoms with Gasteiger partial charge in [-0.15, -0.1) is 11.3 Å². The van der Waals surface area contributed by atoms with E-state index in [2.05, 4.69) is 30.6 Å². The van der Waals surface area contributed by atoms with Crippen LogP contribution in [0.15, 0.2) is 22.7 Å². The van der Waals surface area contributed by atoms with Crippen LogP contribution in [0, 0.1) is 6.92 Å². The Morgan fingerprint density at radius 1 is 1.45 bits per heavy atom. The van der Waals surface area contributed by atoms with Crippen LogP contribution in [0.5, 0.6) is 0 Å². The van der Waals surface area contributed by atoms with Gasteiger partial charge in [-0.2, -0.15) is 4.37 Å². The first-order valence-corrected chi connectivity index (χ1v) is 8.02. The Balaban J connectivity index is 1.97. The van der Waals surface area contributed by atoms with Crippen LogP contribution in [-0.2, 0) is 0 Å². The molecule has 2 aromatic heterocycles. The monoisotopic (exact) mass is 368 g/mol. The molecule has 0 spiro atoms. The van der Waals surface area contributed by atoms with E-state index in [4.69, 9.17) is 5.73 Å². The van der Waals surface area contributed by atoms with Gasteiger partial charge in [-0.3, -0.25) is 10.1 Å². The van der Waals surface area contributed by atoms with Gasteiger partial charge in [0, 0.05) is 26.1 Å². The van der Waals surface area contributed by atoms with E-state index in [1.165, 1.54) is 11.3 Å². The third kappa shape index (κ3) is 2.41. The number of fused-ring (bicyclic) bond motifs is 1. The van der Waals surface area contributed by atoms with Crippen molar-refractivity contribution in [2.75, 3.05) is 11.1 Å². The molecule has 5 nitrogen and oxygen atoms in total. The number of nitrogens with zero attached hydrogens (tertiary/aromatic N) is 2. The topological polar surface area (TPSA) is 80.9 Å². The minimum Gasteiger partial charge on any atom is -0.397 e. The van der Waals surface area contributed by atoms with Crippen molar-refractivity contribution in [2.45, 2.75) is 6.92 Å². The lowest BCUT2D eigenvalue weighted by molar-refractivity contribution is 0.103. The van der Waals surface area contributed by atoms with Crippen molar-refractivity contribution in [3.63, 3.8) is 0 Å². The first-order valence-electron chi connectivity index (χ1n) is 5.64. The number of halogens is 1. The molecule has 0 aliphatic rings. The van der Waals surface area contributed by atoms with E-state index in [0.29, 0.717) is 21.5 Å². The lowest BCUT2D eigenvalue weighted by Crippen LogP contribution is -2.11. The van der Waals surface area contributed by atoms with Crippen LogP contribution < -0.4 is 11.1 Å². The Kier molecular flexibility index (Phi) is 3.45. The molecule has 102 valence electrons. The molecule has 8 heteroatoms. The molecule has 1 aromatic carbocycles. The molecule has 0 aliphatic heterocycles. The summed E-state index contributed by atoms with van der Waals surface area (Å²) in [5.41, 5.74) is 6.55. The maximum absolute atomic E-state index is 12.2. The number of aryl methyl sites for hydroxylation is 1. The van der Waals surface area contributed by atoms with Crippen LogP contribution in [0.25, 0.3) is 10.1 Å². The van der Waals surface area contributed by atoms with E-state index < -0.39 is 0 Å². The number of thiophene rings is 1. The molecule has 0 unspecified atom stereocenters. The molecule has 2 heterocycles. The van der Waals surface area contributed by atoms with Crippen molar-refractivity contribution < 1.29 is 4.79 Å². The molecular formula is C12H9BrN4OS2. The smallest absolute Gasteiger partial charge is 0.269 e. The Labute approximate surface area is 131 Å². The third-order valence-corrected chi connectivity index (χ3v) is 5.04. The molecule has 3 N–H and O–H groups in total. The van der Waals surface area contributed by atoms with Gasteiger partial charge in [0.2, 0.25) is 5.13 Å². The highest BCUT2D eigenvalue weighted by molar-refractivity contribution is 9.10. The highest BCUT2D eigenvalue weighted by Gasteiger charge is 2.17. The summed E-state index contributed by atoms with van der Waals surface area (Å²) >= 11 is 5.92. The van der Waals surface area contributed by atoms with Crippen molar-refractivity contribution in [1.29, 1.82) is 0 Å². The van der Waals surface area contributed by atoms with E-state index in [1.54, 1.807) is 6.92 Å². The van der Waals surface area contributed by atoms with Crippen LogP contribution in [0.1, 0.15) is 15.5 Å². The van der Waals surface area contributed by atoms with Crippen LogP contribution >= 0.6 is 38.8 Å². The minimum absolute atomic E-state index is 0.254. The molecule has 0 radical (unpaired) electrons. The quantitative estimate of drug-likeness (QED) is 0.722. The summed E-state index contributed by atoms with van der Waals surface area (Å²) in [5.74, 6) is 0.384. The fourth-order valence-corrected chi connectivity index (χ4v) is 3.69. The van der Waals surface area contributed by atoms with Gasteiger partial charge in [-0.05, 0) is 25.1 Å². The molecule has 0 bridgehead atoms. The average molecular weight is 369 g/mol. The summed E-state index contributed by atoms with van der Waals surface area (Å²) in [7, 11) is 0. The summed E-state index contributed by atoms with van der Waals surface area (Å²) in [4.78, 5) is 16.8. The van der Waals surface area contributed by atoms with Crippen LogP contribution in [0.4, 0.5) is 10.8 Å². The Hall–Kier alpha value is -1.51. The molecule has 3 aromatic rings. The van der Waals surface area contributed by atoms with Crippen molar-refractivity contribution >= 4 is 65.6 Å². The first-order chi connectivity index (χ1) is 9.54. The van der Waals surface area contributed by atoms with Gasteiger partial charge in [-0.25, -0.2) is 4.98 Å². The zero-order valence-electron chi connectivity index (χ0n) is 10.3. The highest BCUT2D eigenvalue weighted by atomic mass is 79.9. The number of hydrogen-bond acceptors (Lipinski definition) is 6. The fourth-order valence-electron chi connectivity index (χ4n) is 1.76. The van der Waals surface area contributed by atoms with E-state index in [9.17, 15) is 4.79 Å². The number of aromatic nitrogens is 2. The van der Waals surface area contributed by atoms with Gasteiger partial charge < -0.3 is 5.73 Å². The summed E-state index contributed by atoms with van der Waals surface area (Å²) in [5, 5.41) is 4.08. The number of nitrogen functional groups attached to an aromatic ring is 1. The van der Waals surface area contributed by atoms with Gasteiger partial charge in [-0.1, -0.05) is 15.9 Å². The van der Waals surface area contributed by atoms with Crippen molar-refractivity contribution in [3.8, 4) is 0 Å². The molecule has 0 fully saturated rings. The molecule has 0 atom stereocenters. The molecule has 0 saturated heterocycles. The van der Waals surface area contributed by atoms with Gasteiger partial charge in [0.05, 0.1) is 5.69 Å². The molecule has 1 amide bonds. The second-order valence-electron chi connectivity index (χ2n) is 4.09. The zero-order valence-corrected chi connectivity index (χ0v) is 13.5. The minimum atomic E-state index is -0.254. The Morgan fingerprint density at radius 3 is 2.95 bits per heavy atom. The number of benzene rings is 1. The van der Waals surface area contributed by atoms with Gasteiger partial charge in [0.15, 0.2) is 0 Å². The second kappa shape index (κ2) is 5.12.